The van der Waals surface area contributed by atoms with Crippen LogP contribution in [0.2, 0.25) is 0 Å². The number of thiophene rings is 1. The van der Waals surface area contributed by atoms with Crippen LogP contribution in [0.4, 0.5) is 0 Å². The van der Waals surface area contributed by atoms with Gasteiger partial charge in [0.15, 0.2) is 0 Å². The zero-order valence-electron chi connectivity index (χ0n) is 11.6. The van der Waals surface area contributed by atoms with Crippen LogP contribution in [-0.4, -0.2) is 22.5 Å². The minimum Gasteiger partial charge on any atom is -0.387 e. The van der Waals surface area contributed by atoms with Crippen molar-refractivity contribution in [3.05, 3.63) is 57.9 Å². The summed E-state index contributed by atoms with van der Waals surface area (Å²) >= 11 is 1.53. The number of rotatable bonds is 4. The normalized spacial score (nSPS) is 12.5. The van der Waals surface area contributed by atoms with Crippen molar-refractivity contribution in [2.75, 3.05) is 6.54 Å². The minimum absolute atomic E-state index is 0.167. The lowest BCUT2D eigenvalue weighted by Crippen LogP contribution is -2.28. The minimum atomic E-state index is -0.675. The van der Waals surface area contributed by atoms with Crippen molar-refractivity contribution in [2.45, 2.75) is 13.0 Å². The lowest BCUT2D eigenvalue weighted by molar-refractivity contribution is 0.0917. The first kappa shape index (κ1) is 13.9. The van der Waals surface area contributed by atoms with Gasteiger partial charge in [-0.2, -0.15) is 11.3 Å². The SMILES string of the molecule is Cc1[nH]c2ccccc2c1C(=O)NCC(O)c1ccsc1. The van der Waals surface area contributed by atoms with Gasteiger partial charge in [0.05, 0.1) is 11.7 Å². The summed E-state index contributed by atoms with van der Waals surface area (Å²) in [5.74, 6) is -0.167. The Morgan fingerprint density at radius 2 is 2.19 bits per heavy atom. The molecule has 0 radical (unpaired) electrons. The van der Waals surface area contributed by atoms with Crippen LogP contribution in [0.1, 0.15) is 27.7 Å². The number of aryl methyl sites for hydroxylation is 1. The largest absolute Gasteiger partial charge is 0.387 e. The van der Waals surface area contributed by atoms with E-state index in [-0.39, 0.29) is 12.5 Å². The fourth-order valence-electron chi connectivity index (χ4n) is 2.43. The molecule has 3 N–H and O–H groups in total. The van der Waals surface area contributed by atoms with Gasteiger partial charge in [-0.25, -0.2) is 0 Å². The molecule has 0 spiro atoms. The van der Waals surface area contributed by atoms with Crippen molar-refractivity contribution in [2.24, 2.45) is 0 Å². The van der Waals surface area contributed by atoms with Crippen LogP contribution in [0, 0.1) is 6.92 Å². The Kier molecular flexibility index (Phi) is 3.77. The summed E-state index contributed by atoms with van der Waals surface area (Å²) in [7, 11) is 0. The number of nitrogens with one attached hydrogen (secondary N) is 2. The molecule has 21 heavy (non-hydrogen) atoms. The third-order valence-electron chi connectivity index (χ3n) is 3.50. The first-order valence-electron chi connectivity index (χ1n) is 6.72. The lowest BCUT2D eigenvalue weighted by atomic mass is 10.1. The first-order chi connectivity index (χ1) is 10.2. The van der Waals surface area contributed by atoms with Gasteiger partial charge in [-0.15, -0.1) is 0 Å². The number of H-pyrrole nitrogens is 1. The molecule has 2 aromatic heterocycles. The standard InChI is InChI=1S/C16H16N2O2S/c1-10-15(12-4-2-3-5-13(12)18-10)16(20)17-8-14(19)11-6-7-21-9-11/h2-7,9,14,18-19H,8H2,1H3,(H,17,20). The molecule has 1 aromatic carbocycles. The van der Waals surface area contributed by atoms with E-state index < -0.39 is 6.10 Å². The van der Waals surface area contributed by atoms with Crippen LogP contribution in [-0.2, 0) is 0 Å². The molecular weight excluding hydrogens is 284 g/mol. The van der Waals surface area contributed by atoms with E-state index in [4.69, 9.17) is 0 Å². The second-order valence-corrected chi connectivity index (χ2v) is 5.73. The van der Waals surface area contributed by atoms with Crippen molar-refractivity contribution in [3.8, 4) is 0 Å². The Bertz CT molecular complexity index is 762. The first-order valence-corrected chi connectivity index (χ1v) is 7.67. The van der Waals surface area contributed by atoms with Crippen LogP contribution >= 0.6 is 11.3 Å². The molecule has 0 aliphatic carbocycles. The molecule has 0 saturated carbocycles. The highest BCUT2D eigenvalue weighted by Crippen LogP contribution is 2.22. The number of hydrogen-bond donors (Lipinski definition) is 3. The zero-order chi connectivity index (χ0) is 14.8. The van der Waals surface area contributed by atoms with Gasteiger partial charge in [0, 0.05) is 23.1 Å². The molecule has 4 nitrogen and oxygen atoms in total. The molecule has 3 rings (SSSR count). The summed E-state index contributed by atoms with van der Waals surface area (Å²) in [6.45, 7) is 2.08. The quantitative estimate of drug-likeness (QED) is 0.693. The van der Waals surface area contributed by atoms with Gasteiger partial charge >= 0.3 is 0 Å². The summed E-state index contributed by atoms with van der Waals surface area (Å²) < 4.78 is 0. The monoisotopic (exact) mass is 300 g/mol. The molecule has 1 amide bonds. The average Bonchev–Trinajstić information content (AvgIpc) is 3.10. The number of benzene rings is 1. The van der Waals surface area contributed by atoms with Crippen LogP contribution in [0.5, 0.6) is 0 Å². The fourth-order valence-corrected chi connectivity index (χ4v) is 3.14. The van der Waals surface area contributed by atoms with Gasteiger partial charge in [0.2, 0.25) is 0 Å². The third kappa shape index (κ3) is 2.70. The van der Waals surface area contributed by atoms with E-state index in [2.05, 4.69) is 10.3 Å². The number of amides is 1. The summed E-state index contributed by atoms with van der Waals surface area (Å²) in [5, 5.41) is 17.5. The van der Waals surface area contributed by atoms with Gasteiger partial charge in [-0.05, 0) is 35.4 Å². The van der Waals surface area contributed by atoms with Gasteiger partial charge in [0.1, 0.15) is 0 Å². The highest BCUT2D eigenvalue weighted by molar-refractivity contribution is 7.07. The van der Waals surface area contributed by atoms with E-state index in [1.165, 1.54) is 11.3 Å². The van der Waals surface area contributed by atoms with Gasteiger partial charge in [-0.1, -0.05) is 18.2 Å². The number of para-hydroxylation sites is 1. The highest BCUT2D eigenvalue weighted by atomic mass is 32.1. The Morgan fingerprint density at radius 3 is 2.95 bits per heavy atom. The van der Waals surface area contributed by atoms with Crippen LogP contribution in [0.25, 0.3) is 10.9 Å². The Balaban J connectivity index is 1.77. The topological polar surface area (TPSA) is 65.1 Å². The number of aromatic nitrogens is 1. The Morgan fingerprint density at radius 1 is 1.38 bits per heavy atom. The summed E-state index contributed by atoms with van der Waals surface area (Å²) in [5.41, 5.74) is 3.25. The fraction of sp³-hybridized carbons (Fsp3) is 0.188. The molecule has 2 heterocycles. The molecule has 0 bridgehead atoms. The van der Waals surface area contributed by atoms with Crippen molar-refractivity contribution in [1.29, 1.82) is 0 Å². The highest BCUT2D eigenvalue weighted by Gasteiger charge is 2.17. The van der Waals surface area contributed by atoms with Gasteiger partial charge < -0.3 is 15.4 Å². The van der Waals surface area contributed by atoms with Crippen molar-refractivity contribution >= 4 is 28.1 Å². The van der Waals surface area contributed by atoms with Crippen LogP contribution in [0.3, 0.4) is 0 Å². The average molecular weight is 300 g/mol. The molecule has 108 valence electrons. The molecule has 0 aliphatic heterocycles. The number of hydrogen-bond acceptors (Lipinski definition) is 3. The second kappa shape index (κ2) is 5.71. The maximum atomic E-state index is 12.4. The number of carbonyl (C=O) groups excluding carboxylic acids is 1. The van der Waals surface area contributed by atoms with E-state index >= 15 is 0 Å². The summed E-state index contributed by atoms with van der Waals surface area (Å²) in [4.78, 5) is 15.6. The second-order valence-electron chi connectivity index (χ2n) is 4.95. The van der Waals surface area contributed by atoms with Gasteiger partial charge in [0.25, 0.3) is 5.91 Å². The predicted octanol–water partition coefficient (Wildman–Crippen LogP) is 3.00. The van der Waals surface area contributed by atoms with E-state index in [1.54, 1.807) is 0 Å². The number of fused-ring (bicyclic) bond motifs is 1. The zero-order valence-corrected chi connectivity index (χ0v) is 12.4. The van der Waals surface area contributed by atoms with Crippen molar-refractivity contribution in [1.82, 2.24) is 10.3 Å². The van der Waals surface area contributed by atoms with E-state index in [0.717, 1.165) is 22.2 Å². The maximum Gasteiger partial charge on any atom is 0.253 e. The third-order valence-corrected chi connectivity index (χ3v) is 4.21. The molecule has 1 atom stereocenters. The number of carbonyl (C=O) groups is 1. The van der Waals surface area contributed by atoms with E-state index in [9.17, 15) is 9.90 Å². The Labute approximate surface area is 126 Å². The molecule has 1 unspecified atom stereocenters. The van der Waals surface area contributed by atoms with E-state index in [1.807, 2.05) is 48.0 Å². The van der Waals surface area contributed by atoms with E-state index in [0.29, 0.717) is 5.56 Å². The molecular formula is C16H16N2O2S. The van der Waals surface area contributed by atoms with Crippen LogP contribution < -0.4 is 5.32 Å². The predicted molar refractivity (Wildman–Crippen MR) is 84.6 cm³/mol. The lowest BCUT2D eigenvalue weighted by Gasteiger charge is -2.10. The summed E-state index contributed by atoms with van der Waals surface area (Å²) in [6, 6.07) is 9.56. The summed E-state index contributed by atoms with van der Waals surface area (Å²) in [6.07, 6.45) is -0.675. The van der Waals surface area contributed by atoms with Crippen molar-refractivity contribution in [3.63, 3.8) is 0 Å². The number of aliphatic hydroxyl groups is 1. The molecule has 0 saturated heterocycles. The number of aliphatic hydroxyl groups excluding tert-OH is 1. The Hall–Kier alpha value is -2.11. The molecule has 0 fully saturated rings. The molecule has 3 aromatic rings. The smallest absolute Gasteiger partial charge is 0.253 e. The molecule has 5 heteroatoms. The van der Waals surface area contributed by atoms with Crippen LogP contribution in [0.15, 0.2) is 41.1 Å². The van der Waals surface area contributed by atoms with Crippen molar-refractivity contribution < 1.29 is 9.90 Å². The van der Waals surface area contributed by atoms with Gasteiger partial charge in [-0.3, -0.25) is 4.79 Å². The molecule has 0 aliphatic rings. The number of aromatic amines is 1. The maximum absolute atomic E-state index is 12.4.